The first-order valence-electron chi connectivity index (χ1n) is 7.05. The van der Waals surface area contributed by atoms with Crippen LogP contribution in [0.15, 0.2) is 71.7 Å². The van der Waals surface area contributed by atoms with Gasteiger partial charge in [0.05, 0.1) is 18.7 Å². The van der Waals surface area contributed by atoms with Crippen LogP contribution in [0, 0.1) is 0 Å². The minimum atomic E-state index is -0.191. The molecule has 1 aromatic carbocycles. The van der Waals surface area contributed by atoms with E-state index in [1.807, 2.05) is 24.3 Å². The zero-order valence-electron chi connectivity index (χ0n) is 12.0. The highest BCUT2D eigenvalue weighted by atomic mass is 16.3. The van der Waals surface area contributed by atoms with Crippen molar-refractivity contribution in [3.8, 4) is 11.5 Å². The SMILES string of the molecule is O=C(Nc1cnc2cnc(-c3ccco3)cn12)c1ccccc1. The number of carbonyl (C=O) groups excluding carboxylic acids is 1. The summed E-state index contributed by atoms with van der Waals surface area (Å²) in [6.45, 7) is 0. The Kier molecular flexibility index (Phi) is 3.12. The van der Waals surface area contributed by atoms with Crippen molar-refractivity contribution in [3.63, 3.8) is 0 Å². The quantitative estimate of drug-likeness (QED) is 0.630. The van der Waals surface area contributed by atoms with E-state index in [1.54, 1.807) is 47.5 Å². The molecule has 6 nitrogen and oxygen atoms in total. The van der Waals surface area contributed by atoms with Gasteiger partial charge in [-0.1, -0.05) is 18.2 Å². The monoisotopic (exact) mass is 304 g/mol. The molecular formula is C17H12N4O2. The molecule has 0 atom stereocenters. The molecule has 0 saturated heterocycles. The topological polar surface area (TPSA) is 72.4 Å². The lowest BCUT2D eigenvalue weighted by molar-refractivity contribution is 0.102. The summed E-state index contributed by atoms with van der Waals surface area (Å²) in [5.41, 5.74) is 1.89. The number of anilines is 1. The van der Waals surface area contributed by atoms with Crippen molar-refractivity contribution < 1.29 is 9.21 Å². The zero-order chi connectivity index (χ0) is 15.6. The van der Waals surface area contributed by atoms with Crippen LogP contribution in [0.25, 0.3) is 17.1 Å². The highest BCUT2D eigenvalue weighted by Crippen LogP contribution is 2.20. The lowest BCUT2D eigenvalue weighted by atomic mass is 10.2. The van der Waals surface area contributed by atoms with Crippen LogP contribution in [-0.2, 0) is 0 Å². The Balaban J connectivity index is 1.70. The summed E-state index contributed by atoms with van der Waals surface area (Å²) >= 11 is 0. The van der Waals surface area contributed by atoms with E-state index in [0.717, 1.165) is 0 Å². The Bertz CT molecular complexity index is 959. The molecule has 3 aromatic heterocycles. The minimum Gasteiger partial charge on any atom is -0.463 e. The first kappa shape index (κ1) is 13.3. The van der Waals surface area contributed by atoms with Gasteiger partial charge in [-0.05, 0) is 24.3 Å². The van der Waals surface area contributed by atoms with Crippen LogP contribution in [0.1, 0.15) is 10.4 Å². The van der Waals surface area contributed by atoms with E-state index in [2.05, 4.69) is 15.3 Å². The average Bonchev–Trinajstić information content (AvgIpc) is 3.25. The summed E-state index contributed by atoms with van der Waals surface area (Å²) in [6, 6.07) is 12.7. The van der Waals surface area contributed by atoms with Crippen molar-refractivity contribution in [2.75, 3.05) is 5.32 Å². The molecule has 0 saturated carbocycles. The molecule has 0 spiro atoms. The number of aromatic nitrogens is 3. The van der Waals surface area contributed by atoms with Crippen LogP contribution in [0.2, 0.25) is 0 Å². The lowest BCUT2D eigenvalue weighted by Gasteiger charge is -2.05. The summed E-state index contributed by atoms with van der Waals surface area (Å²) in [5.74, 6) is 1.04. The first-order valence-corrected chi connectivity index (χ1v) is 7.05. The summed E-state index contributed by atoms with van der Waals surface area (Å²) in [6.07, 6.45) is 6.61. The molecule has 0 unspecified atom stereocenters. The van der Waals surface area contributed by atoms with E-state index < -0.39 is 0 Å². The predicted octanol–water partition coefficient (Wildman–Crippen LogP) is 3.24. The molecule has 6 heteroatoms. The van der Waals surface area contributed by atoms with Gasteiger partial charge in [-0.15, -0.1) is 0 Å². The van der Waals surface area contributed by atoms with E-state index in [1.165, 1.54) is 0 Å². The smallest absolute Gasteiger partial charge is 0.256 e. The third-order valence-corrected chi connectivity index (χ3v) is 3.45. The number of carbonyl (C=O) groups is 1. The largest absolute Gasteiger partial charge is 0.463 e. The summed E-state index contributed by atoms with van der Waals surface area (Å²) < 4.78 is 7.12. The van der Waals surface area contributed by atoms with E-state index in [4.69, 9.17) is 4.42 Å². The van der Waals surface area contributed by atoms with Crippen molar-refractivity contribution in [1.29, 1.82) is 0 Å². The standard InChI is InChI=1S/C17H12N4O2/c22-17(12-5-2-1-3-6-12)20-16-10-19-15-9-18-13(11-21(15)16)14-7-4-8-23-14/h1-11H,(H,20,22). The average molecular weight is 304 g/mol. The Morgan fingerprint density at radius 2 is 1.91 bits per heavy atom. The maximum atomic E-state index is 12.3. The Morgan fingerprint density at radius 3 is 2.70 bits per heavy atom. The second-order valence-corrected chi connectivity index (χ2v) is 4.94. The first-order chi connectivity index (χ1) is 11.3. The van der Waals surface area contributed by atoms with Gasteiger partial charge in [0.1, 0.15) is 11.5 Å². The van der Waals surface area contributed by atoms with E-state index in [9.17, 15) is 4.79 Å². The molecule has 4 aromatic rings. The van der Waals surface area contributed by atoms with Crippen LogP contribution < -0.4 is 5.32 Å². The summed E-state index contributed by atoms with van der Waals surface area (Å²) in [4.78, 5) is 20.8. The van der Waals surface area contributed by atoms with Gasteiger partial charge in [-0.3, -0.25) is 9.20 Å². The number of fused-ring (bicyclic) bond motifs is 1. The number of hydrogen-bond acceptors (Lipinski definition) is 4. The Labute approximate surface area is 131 Å². The maximum absolute atomic E-state index is 12.3. The molecule has 0 aliphatic carbocycles. The second-order valence-electron chi connectivity index (χ2n) is 4.94. The van der Waals surface area contributed by atoms with Gasteiger partial charge in [0, 0.05) is 11.8 Å². The highest BCUT2D eigenvalue weighted by Gasteiger charge is 2.11. The molecule has 0 radical (unpaired) electrons. The van der Waals surface area contributed by atoms with Gasteiger partial charge in [0.25, 0.3) is 5.91 Å². The fourth-order valence-corrected chi connectivity index (χ4v) is 2.31. The molecule has 0 aliphatic heterocycles. The molecular weight excluding hydrogens is 292 g/mol. The number of nitrogens with zero attached hydrogens (tertiary/aromatic N) is 3. The van der Waals surface area contributed by atoms with E-state index >= 15 is 0 Å². The molecule has 0 fully saturated rings. The fraction of sp³-hybridized carbons (Fsp3) is 0. The van der Waals surface area contributed by atoms with Crippen LogP contribution >= 0.6 is 0 Å². The molecule has 3 heterocycles. The van der Waals surface area contributed by atoms with Crippen LogP contribution in [-0.4, -0.2) is 20.3 Å². The molecule has 0 bridgehead atoms. The van der Waals surface area contributed by atoms with E-state index in [0.29, 0.717) is 28.5 Å². The van der Waals surface area contributed by atoms with Crippen LogP contribution in [0.3, 0.4) is 0 Å². The van der Waals surface area contributed by atoms with Crippen LogP contribution in [0.5, 0.6) is 0 Å². The summed E-state index contributed by atoms with van der Waals surface area (Å²) in [7, 11) is 0. The Hall–Kier alpha value is -3.41. The third-order valence-electron chi connectivity index (χ3n) is 3.45. The number of amides is 1. The highest BCUT2D eigenvalue weighted by molar-refractivity contribution is 6.03. The van der Waals surface area contributed by atoms with Crippen LogP contribution in [0.4, 0.5) is 5.82 Å². The molecule has 4 rings (SSSR count). The third kappa shape index (κ3) is 2.46. The maximum Gasteiger partial charge on any atom is 0.256 e. The van der Waals surface area contributed by atoms with Crippen molar-refractivity contribution in [3.05, 3.63) is 72.9 Å². The van der Waals surface area contributed by atoms with Crippen molar-refractivity contribution >= 4 is 17.4 Å². The molecule has 1 amide bonds. The van der Waals surface area contributed by atoms with Gasteiger partial charge in [-0.2, -0.15) is 0 Å². The normalized spacial score (nSPS) is 10.8. The molecule has 1 N–H and O–H groups in total. The number of rotatable bonds is 3. The molecule has 112 valence electrons. The lowest BCUT2D eigenvalue weighted by Crippen LogP contribution is -2.13. The van der Waals surface area contributed by atoms with Gasteiger partial charge in [-0.25, -0.2) is 9.97 Å². The van der Waals surface area contributed by atoms with Crippen molar-refractivity contribution in [1.82, 2.24) is 14.4 Å². The second kappa shape index (κ2) is 5.42. The van der Waals surface area contributed by atoms with Gasteiger partial charge in [0.15, 0.2) is 11.4 Å². The van der Waals surface area contributed by atoms with Gasteiger partial charge < -0.3 is 9.73 Å². The number of nitrogens with one attached hydrogen (secondary N) is 1. The zero-order valence-corrected chi connectivity index (χ0v) is 12.0. The number of furan rings is 1. The van der Waals surface area contributed by atoms with Gasteiger partial charge in [0.2, 0.25) is 0 Å². The van der Waals surface area contributed by atoms with Gasteiger partial charge >= 0.3 is 0 Å². The number of benzene rings is 1. The number of imidazole rings is 1. The fourth-order valence-electron chi connectivity index (χ4n) is 2.31. The summed E-state index contributed by atoms with van der Waals surface area (Å²) in [5, 5.41) is 2.86. The van der Waals surface area contributed by atoms with E-state index in [-0.39, 0.29) is 5.91 Å². The van der Waals surface area contributed by atoms with Crippen molar-refractivity contribution in [2.45, 2.75) is 0 Å². The van der Waals surface area contributed by atoms with Crippen molar-refractivity contribution in [2.24, 2.45) is 0 Å². The molecule has 23 heavy (non-hydrogen) atoms. The number of hydrogen-bond donors (Lipinski definition) is 1. The molecule has 0 aliphatic rings. The minimum absolute atomic E-state index is 0.191. The Morgan fingerprint density at radius 1 is 1.04 bits per heavy atom. The predicted molar refractivity (Wildman–Crippen MR) is 85.1 cm³/mol.